The quantitative estimate of drug-likeness (QED) is 0.835. The molecule has 0 aliphatic rings. The molecule has 1 rings (SSSR count). The van der Waals surface area contributed by atoms with Gasteiger partial charge in [-0.05, 0) is 24.6 Å². The van der Waals surface area contributed by atoms with Crippen LogP contribution < -0.4 is 14.4 Å². The van der Waals surface area contributed by atoms with Gasteiger partial charge in [0.1, 0.15) is 0 Å². The first-order chi connectivity index (χ1) is 7.16. The highest BCUT2D eigenvalue weighted by Crippen LogP contribution is 2.10. The van der Waals surface area contributed by atoms with Gasteiger partial charge in [0, 0.05) is 0 Å². The van der Waals surface area contributed by atoms with Crippen molar-refractivity contribution in [1.82, 2.24) is 9.97 Å². The Morgan fingerprint density at radius 1 is 1.19 bits per heavy atom. The van der Waals surface area contributed by atoms with Gasteiger partial charge in [0.25, 0.3) is 0 Å². The van der Waals surface area contributed by atoms with E-state index in [1.54, 1.807) is 6.33 Å². The molecule has 0 atom stereocenters. The van der Waals surface area contributed by atoms with Crippen LogP contribution in [0, 0.1) is 0 Å². The summed E-state index contributed by atoms with van der Waals surface area (Å²) in [7, 11) is -3.03. The Hall–Kier alpha value is -0.956. The van der Waals surface area contributed by atoms with Crippen molar-refractivity contribution in [2.75, 3.05) is 4.98 Å². The van der Waals surface area contributed by atoms with Gasteiger partial charge in [-0.2, -0.15) is 0 Å². The normalized spacial score (nSPS) is 12.4. The fourth-order valence-electron chi connectivity index (χ4n) is 1.04. The van der Waals surface area contributed by atoms with Crippen molar-refractivity contribution in [3.05, 3.63) is 6.33 Å². The lowest BCUT2D eigenvalue weighted by atomic mass is 10.9. The van der Waals surface area contributed by atoms with E-state index in [4.69, 9.17) is 4.43 Å². The van der Waals surface area contributed by atoms with Gasteiger partial charge in [0.2, 0.25) is 14.6 Å². The molecule has 7 heteroatoms. The molecular formula is C9H21N4OSi2+. The Balaban J connectivity index is 2.79. The molecule has 0 spiro atoms. The van der Waals surface area contributed by atoms with Gasteiger partial charge in [0.15, 0.2) is 8.24 Å². The molecule has 0 amide bonds. The summed E-state index contributed by atoms with van der Waals surface area (Å²) in [6, 6.07) is 0.551. The van der Waals surface area contributed by atoms with E-state index < -0.39 is 16.6 Å². The zero-order chi connectivity index (χ0) is 12.4. The second-order valence-electron chi connectivity index (χ2n) is 5.73. The molecule has 0 aromatic carbocycles. The van der Waals surface area contributed by atoms with Crippen molar-refractivity contribution < 1.29 is 9.41 Å². The average Bonchev–Trinajstić information content (AvgIpc) is 1.96. The van der Waals surface area contributed by atoms with E-state index in [9.17, 15) is 0 Å². The second kappa shape index (κ2) is 4.50. The van der Waals surface area contributed by atoms with Gasteiger partial charge >= 0.3 is 12.0 Å². The van der Waals surface area contributed by atoms with Gasteiger partial charge in [0.05, 0.1) is 0 Å². The first-order valence-corrected chi connectivity index (χ1v) is 12.3. The second-order valence-corrected chi connectivity index (χ2v) is 14.9. The molecule has 0 unspecified atom stereocenters. The summed E-state index contributed by atoms with van der Waals surface area (Å²) < 4.78 is 5.76. The van der Waals surface area contributed by atoms with Crippen LogP contribution >= 0.6 is 0 Å². The SMILES string of the molecule is C[Si](C)(C)Nc1nc[nH+]c(O[Si](C)(C)C)n1. The van der Waals surface area contributed by atoms with Gasteiger partial charge in [-0.1, -0.05) is 24.6 Å². The van der Waals surface area contributed by atoms with Crippen LogP contribution in [0.2, 0.25) is 39.3 Å². The smallest absolute Gasteiger partial charge is 0.422 e. The van der Waals surface area contributed by atoms with Crippen LogP contribution in [0.25, 0.3) is 0 Å². The Bertz CT molecular complexity index is 328. The van der Waals surface area contributed by atoms with E-state index in [0.717, 1.165) is 0 Å². The van der Waals surface area contributed by atoms with E-state index in [1.165, 1.54) is 0 Å². The number of hydrogen-bond acceptors (Lipinski definition) is 4. The Labute approximate surface area is 98.9 Å². The lowest BCUT2D eigenvalue weighted by Crippen LogP contribution is -2.35. The number of aromatic amines is 1. The van der Waals surface area contributed by atoms with Crippen LogP contribution in [-0.2, 0) is 0 Å². The minimum absolute atomic E-state index is 0.551. The molecule has 1 heterocycles. The number of anilines is 1. The Morgan fingerprint density at radius 2 is 1.81 bits per heavy atom. The predicted molar refractivity (Wildman–Crippen MR) is 69.5 cm³/mol. The molecule has 0 saturated heterocycles. The minimum atomic E-state index is -1.62. The summed E-state index contributed by atoms with van der Waals surface area (Å²) in [5.41, 5.74) is 0. The molecule has 90 valence electrons. The number of rotatable bonds is 4. The standard InChI is InChI=1S/C9H20N4OSi2/c1-15(2,3)13-8-10-7-11-9(12-8)14-16(4,5)6/h7H,1-6H3,(H,10,11,12,13)/p+1. The summed E-state index contributed by atoms with van der Waals surface area (Å²) >= 11 is 0. The van der Waals surface area contributed by atoms with Crippen molar-refractivity contribution >= 4 is 22.5 Å². The highest BCUT2D eigenvalue weighted by Gasteiger charge is 2.23. The Morgan fingerprint density at radius 3 is 2.31 bits per heavy atom. The van der Waals surface area contributed by atoms with E-state index in [1.807, 2.05) is 0 Å². The third kappa shape index (κ3) is 5.22. The van der Waals surface area contributed by atoms with E-state index in [-0.39, 0.29) is 0 Å². The number of nitrogens with one attached hydrogen (secondary N) is 2. The number of nitrogens with zero attached hydrogens (tertiary/aromatic N) is 2. The highest BCUT2D eigenvalue weighted by molar-refractivity contribution is 6.79. The van der Waals surface area contributed by atoms with Crippen LogP contribution in [-0.4, -0.2) is 26.5 Å². The van der Waals surface area contributed by atoms with Crippen LogP contribution in [0.5, 0.6) is 6.01 Å². The van der Waals surface area contributed by atoms with Crippen molar-refractivity contribution in [2.45, 2.75) is 39.3 Å². The van der Waals surface area contributed by atoms with Crippen LogP contribution in [0.15, 0.2) is 6.33 Å². The molecule has 0 fully saturated rings. The molecule has 1 aromatic rings. The van der Waals surface area contributed by atoms with Crippen LogP contribution in [0.3, 0.4) is 0 Å². The molecule has 16 heavy (non-hydrogen) atoms. The van der Waals surface area contributed by atoms with Crippen LogP contribution in [0.4, 0.5) is 5.95 Å². The maximum atomic E-state index is 5.76. The van der Waals surface area contributed by atoms with E-state index in [0.29, 0.717) is 12.0 Å². The fraction of sp³-hybridized carbons (Fsp3) is 0.667. The van der Waals surface area contributed by atoms with Crippen molar-refractivity contribution in [3.63, 3.8) is 0 Å². The number of aromatic nitrogens is 3. The molecule has 0 saturated carbocycles. The zero-order valence-corrected chi connectivity index (χ0v) is 12.9. The molecule has 0 radical (unpaired) electrons. The van der Waals surface area contributed by atoms with Crippen molar-refractivity contribution in [2.24, 2.45) is 0 Å². The summed E-state index contributed by atoms with van der Waals surface area (Å²) in [5, 5.41) is 0. The fourth-order valence-corrected chi connectivity index (χ4v) is 2.52. The lowest BCUT2D eigenvalue weighted by Gasteiger charge is -2.16. The Kier molecular flexibility index (Phi) is 3.69. The minimum Gasteiger partial charge on any atom is -0.496 e. The third-order valence-electron chi connectivity index (χ3n) is 1.47. The largest absolute Gasteiger partial charge is 0.496 e. The summed E-state index contributed by atoms with van der Waals surface area (Å²) in [6.07, 6.45) is 1.62. The van der Waals surface area contributed by atoms with Crippen molar-refractivity contribution in [3.8, 4) is 6.01 Å². The maximum Gasteiger partial charge on any atom is 0.422 e. The average molecular weight is 257 g/mol. The third-order valence-corrected chi connectivity index (χ3v) is 3.25. The van der Waals surface area contributed by atoms with E-state index >= 15 is 0 Å². The predicted octanol–water partition coefficient (Wildman–Crippen LogP) is 1.75. The summed E-state index contributed by atoms with van der Waals surface area (Å²) in [5.74, 6) is 0.645. The monoisotopic (exact) mass is 257 g/mol. The first kappa shape index (κ1) is 13.1. The van der Waals surface area contributed by atoms with Crippen molar-refractivity contribution in [1.29, 1.82) is 0 Å². The lowest BCUT2D eigenvalue weighted by molar-refractivity contribution is -0.398. The van der Waals surface area contributed by atoms with Gasteiger partial charge < -0.3 is 9.41 Å². The highest BCUT2D eigenvalue weighted by atomic mass is 28.4. The number of H-pyrrole nitrogens is 1. The van der Waals surface area contributed by atoms with Crippen LogP contribution in [0.1, 0.15) is 0 Å². The molecule has 2 N–H and O–H groups in total. The zero-order valence-electron chi connectivity index (χ0n) is 10.9. The van der Waals surface area contributed by atoms with Gasteiger partial charge in [-0.25, -0.2) is 4.98 Å². The van der Waals surface area contributed by atoms with Gasteiger partial charge in [-0.3, -0.25) is 0 Å². The molecule has 0 aliphatic heterocycles. The molecule has 1 aromatic heterocycles. The molecular weight excluding hydrogens is 236 g/mol. The topological polar surface area (TPSA) is 61.2 Å². The number of hydrogen-bond donors (Lipinski definition) is 1. The first-order valence-electron chi connectivity index (χ1n) is 5.38. The summed E-state index contributed by atoms with van der Waals surface area (Å²) in [6.45, 7) is 13.0. The van der Waals surface area contributed by atoms with E-state index in [2.05, 4.69) is 59.2 Å². The molecule has 0 bridgehead atoms. The maximum absolute atomic E-state index is 5.76. The van der Waals surface area contributed by atoms with Gasteiger partial charge in [-0.15, -0.1) is 0 Å². The summed E-state index contributed by atoms with van der Waals surface area (Å²) in [4.78, 5) is 14.7. The molecule has 0 aliphatic carbocycles. The molecule has 5 nitrogen and oxygen atoms in total.